The second-order valence-corrected chi connectivity index (χ2v) is 4.93. The predicted octanol–water partition coefficient (Wildman–Crippen LogP) is 4.10. The van der Waals surface area contributed by atoms with Gasteiger partial charge in [-0.15, -0.1) is 0 Å². The van der Waals surface area contributed by atoms with E-state index in [1.54, 1.807) is 0 Å². The Labute approximate surface area is 77.7 Å². The van der Waals surface area contributed by atoms with Crippen LogP contribution in [0.15, 0.2) is 0 Å². The van der Waals surface area contributed by atoms with Crippen LogP contribution in [0, 0.1) is 23.2 Å². The van der Waals surface area contributed by atoms with Gasteiger partial charge in [0.15, 0.2) is 0 Å². The molecule has 1 aliphatic rings. The molecule has 0 N–H and O–H groups in total. The van der Waals surface area contributed by atoms with Gasteiger partial charge >= 0.3 is 0 Å². The maximum absolute atomic E-state index is 2.45. The third-order valence-electron chi connectivity index (χ3n) is 4.34. The quantitative estimate of drug-likeness (QED) is 0.592. The first-order valence-corrected chi connectivity index (χ1v) is 5.58. The van der Waals surface area contributed by atoms with E-state index in [0.717, 1.165) is 23.2 Å². The summed E-state index contributed by atoms with van der Waals surface area (Å²) in [5.74, 6) is 2.83. The van der Waals surface area contributed by atoms with Gasteiger partial charge in [-0.1, -0.05) is 41.0 Å². The number of rotatable bonds is 4. The first-order valence-electron chi connectivity index (χ1n) is 5.58. The molecule has 1 aliphatic carbocycles. The van der Waals surface area contributed by atoms with Crippen molar-refractivity contribution in [2.45, 2.75) is 53.9 Å². The minimum absolute atomic E-state index is 0.739. The van der Waals surface area contributed by atoms with Crippen molar-refractivity contribution in [1.82, 2.24) is 0 Å². The molecule has 0 bridgehead atoms. The minimum Gasteiger partial charge on any atom is -0.0651 e. The zero-order valence-corrected chi connectivity index (χ0v) is 9.35. The summed E-state index contributed by atoms with van der Waals surface area (Å²) in [7, 11) is 0. The Kier molecular flexibility index (Phi) is 2.85. The third kappa shape index (κ3) is 1.41. The molecule has 0 heteroatoms. The number of hydrogen-bond donors (Lipinski definition) is 0. The van der Waals surface area contributed by atoms with Crippen LogP contribution in [0.1, 0.15) is 53.9 Å². The molecule has 1 fully saturated rings. The summed E-state index contributed by atoms with van der Waals surface area (Å²) >= 11 is 0. The lowest BCUT2D eigenvalue weighted by molar-refractivity contribution is 0.222. The molecule has 1 saturated carbocycles. The highest BCUT2D eigenvalue weighted by molar-refractivity contribution is 5.03. The molecule has 0 heterocycles. The summed E-state index contributed by atoms with van der Waals surface area (Å²) < 4.78 is 0. The first-order chi connectivity index (χ1) is 5.58. The molecule has 0 aliphatic heterocycles. The largest absolute Gasteiger partial charge is 0.0651 e. The van der Waals surface area contributed by atoms with Gasteiger partial charge in [-0.2, -0.15) is 0 Å². The van der Waals surface area contributed by atoms with Gasteiger partial charge < -0.3 is 0 Å². The van der Waals surface area contributed by atoms with E-state index in [0.29, 0.717) is 0 Å². The highest BCUT2D eigenvalue weighted by Crippen LogP contribution is 2.63. The molecule has 3 unspecified atom stereocenters. The minimum atomic E-state index is 0.739. The van der Waals surface area contributed by atoms with E-state index in [1.165, 1.54) is 19.3 Å². The Morgan fingerprint density at radius 1 is 1.25 bits per heavy atom. The zero-order valence-electron chi connectivity index (χ0n) is 9.35. The van der Waals surface area contributed by atoms with Crippen LogP contribution >= 0.6 is 0 Å². The summed E-state index contributed by atoms with van der Waals surface area (Å²) in [6, 6.07) is 0. The van der Waals surface area contributed by atoms with Crippen LogP contribution in [0.3, 0.4) is 0 Å². The third-order valence-corrected chi connectivity index (χ3v) is 4.34. The van der Waals surface area contributed by atoms with Crippen LogP contribution in [0.25, 0.3) is 0 Å². The smallest absolute Gasteiger partial charge is 0.0241 e. The molecule has 0 aromatic rings. The Balaban J connectivity index is 2.58. The molecule has 0 aromatic heterocycles. The molecule has 0 nitrogen and oxygen atoms in total. The van der Waals surface area contributed by atoms with Gasteiger partial charge in [-0.3, -0.25) is 0 Å². The summed E-state index contributed by atoms with van der Waals surface area (Å²) in [4.78, 5) is 0. The predicted molar refractivity (Wildman–Crippen MR) is 55.1 cm³/mol. The van der Waals surface area contributed by atoms with Crippen molar-refractivity contribution in [3.63, 3.8) is 0 Å². The van der Waals surface area contributed by atoms with Crippen molar-refractivity contribution >= 4 is 0 Å². The molecule has 0 spiro atoms. The van der Waals surface area contributed by atoms with Crippen LogP contribution in [-0.4, -0.2) is 0 Å². The molecular formula is C12H24. The fraction of sp³-hybridized carbons (Fsp3) is 1.00. The van der Waals surface area contributed by atoms with Crippen molar-refractivity contribution in [1.29, 1.82) is 0 Å². The second kappa shape index (κ2) is 3.40. The van der Waals surface area contributed by atoms with Gasteiger partial charge in [-0.25, -0.2) is 0 Å². The molecule has 12 heavy (non-hydrogen) atoms. The van der Waals surface area contributed by atoms with Crippen molar-refractivity contribution in [2.24, 2.45) is 23.2 Å². The topological polar surface area (TPSA) is 0 Å². The lowest BCUT2D eigenvalue weighted by Crippen LogP contribution is -2.19. The molecule has 0 radical (unpaired) electrons. The lowest BCUT2D eigenvalue weighted by atomic mass is 9.78. The Morgan fingerprint density at radius 3 is 2.08 bits per heavy atom. The van der Waals surface area contributed by atoms with Crippen LogP contribution in [0.2, 0.25) is 0 Å². The summed E-state index contributed by atoms with van der Waals surface area (Å²) in [5, 5.41) is 0. The van der Waals surface area contributed by atoms with Crippen molar-refractivity contribution in [3.05, 3.63) is 0 Å². The van der Waals surface area contributed by atoms with Crippen LogP contribution < -0.4 is 0 Å². The Morgan fingerprint density at radius 2 is 1.83 bits per heavy atom. The lowest BCUT2D eigenvalue weighted by Gasteiger charge is -2.27. The average molecular weight is 168 g/mol. The van der Waals surface area contributed by atoms with E-state index in [-0.39, 0.29) is 0 Å². The SMILES string of the molecule is CCC1CC1(CC)C(C)C(C)C. The Hall–Kier alpha value is 0. The Bertz CT molecular complexity index is 148. The van der Waals surface area contributed by atoms with Gasteiger partial charge in [-0.05, 0) is 36.0 Å². The van der Waals surface area contributed by atoms with Gasteiger partial charge in [0.25, 0.3) is 0 Å². The molecule has 1 rings (SSSR count). The van der Waals surface area contributed by atoms with E-state index >= 15 is 0 Å². The molecule has 0 saturated heterocycles. The van der Waals surface area contributed by atoms with E-state index in [1.807, 2.05) is 0 Å². The molecule has 0 amide bonds. The summed E-state index contributed by atoms with van der Waals surface area (Å²) in [6.45, 7) is 11.9. The van der Waals surface area contributed by atoms with E-state index in [4.69, 9.17) is 0 Å². The van der Waals surface area contributed by atoms with Gasteiger partial charge in [0.05, 0.1) is 0 Å². The molecule has 72 valence electrons. The maximum atomic E-state index is 2.45. The van der Waals surface area contributed by atoms with E-state index in [9.17, 15) is 0 Å². The highest BCUT2D eigenvalue weighted by Gasteiger charge is 2.54. The summed E-state index contributed by atoms with van der Waals surface area (Å²) in [5.41, 5.74) is 0.739. The fourth-order valence-electron chi connectivity index (χ4n) is 2.93. The van der Waals surface area contributed by atoms with Crippen molar-refractivity contribution in [3.8, 4) is 0 Å². The second-order valence-electron chi connectivity index (χ2n) is 4.93. The first kappa shape index (κ1) is 10.1. The maximum Gasteiger partial charge on any atom is -0.0241 e. The van der Waals surface area contributed by atoms with Crippen molar-refractivity contribution in [2.75, 3.05) is 0 Å². The number of hydrogen-bond acceptors (Lipinski definition) is 0. The zero-order chi connectivity index (χ0) is 9.35. The standard InChI is InChI=1S/C12H24/c1-6-11-8-12(11,7-2)10(5)9(3)4/h9-11H,6-8H2,1-5H3. The fourth-order valence-corrected chi connectivity index (χ4v) is 2.93. The van der Waals surface area contributed by atoms with Crippen LogP contribution in [0.4, 0.5) is 0 Å². The van der Waals surface area contributed by atoms with Gasteiger partial charge in [0, 0.05) is 0 Å². The highest BCUT2D eigenvalue weighted by atomic mass is 14.6. The summed E-state index contributed by atoms with van der Waals surface area (Å²) in [6.07, 6.45) is 4.29. The van der Waals surface area contributed by atoms with E-state index < -0.39 is 0 Å². The molecule has 3 atom stereocenters. The normalized spacial score (nSPS) is 37.0. The van der Waals surface area contributed by atoms with E-state index in [2.05, 4.69) is 34.6 Å². The monoisotopic (exact) mass is 168 g/mol. The van der Waals surface area contributed by atoms with Gasteiger partial charge in [0.2, 0.25) is 0 Å². The molecular weight excluding hydrogens is 144 g/mol. The molecule has 0 aromatic carbocycles. The average Bonchev–Trinajstić information content (AvgIpc) is 2.78. The van der Waals surface area contributed by atoms with Crippen LogP contribution in [0.5, 0.6) is 0 Å². The van der Waals surface area contributed by atoms with Crippen LogP contribution in [-0.2, 0) is 0 Å². The van der Waals surface area contributed by atoms with Crippen molar-refractivity contribution < 1.29 is 0 Å². The van der Waals surface area contributed by atoms with Gasteiger partial charge in [0.1, 0.15) is 0 Å².